The zero-order valence-corrected chi connectivity index (χ0v) is 5.91. The van der Waals surface area contributed by atoms with Crippen molar-refractivity contribution >= 4 is 5.69 Å². The van der Waals surface area contributed by atoms with E-state index in [9.17, 15) is 0 Å². The van der Waals surface area contributed by atoms with E-state index in [1.807, 2.05) is 0 Å². The van der Waals surface area contributed by atoms with Gasteiger partial charge in [0.1, 0.15) is 0 Å². The Bertz CT molecular complexity index is 278. The van der Waals surface area contributed by atoms with Crippen LogP contribution in [0.5, 0.6) is 0 Å². The summed E-state index contributed by atoms with van der Waals surface area (Å²) in [6.07, 6.45) is 1.80. The normalized spacial score (nSPS) is 8.73. The Morgan fingerprint density at radius 3 is 3.00 bits per heavy atom. The van der Waals surface area contributed by atoms with Crippen molar-refractivity contribution in [2.24, 2.45) is 0 Å². The second-order valence-corrected chi connectivity index (χ2v) is 2.10. The van der Waals surface area contributed by atoms with Gasteiger partial charge in [-0.25, -0.2) is 0 Å². The van der Waals surface area contributed by atoms with E-state index in [1.54, 1.807) is 30.5 Å². The first-order chi connectivity index (χ1) is 5.36. The Hall–Kier alpha value is -1.53. The summed E-state index contributed by atoms with van der Waals surface area (Å²) in [7, 11) is 0. The highest BCUT2D eigenvalue weighted by Crippen LogP contribution is 2.09. The average molecular weight is 148 g/mol. The third-order valence-corrected chi connectivity index (χ3v) is 1.31. The number of rotatable bonds is 2. The lowest BCUT2D eigenvalue weighted by atomic mass is 10.2. The summed E-state index contributed by atoms with van der Waals surface area (Å²) in [6, 6.07) is 7.07. The Kier molecular flexibility index (Phi) is 2.47. The van der Waals surface area contributed by atoms with Crippen molar-refractivity contribution in [1.82, 2.24) is 0 Å². The van der Waals surface area contributed by atoms with Crippen molar-refractivity contribution < 1.29 is 5.11 Å². The van der Waals surface area contributed by atoms with Crippen molar-refractivity contribution in [2.45, 2.75) is 6.61 Å². The third-order valence-electron chi connectivity index (χ3n) is 1.31. The smallest absolute Gasteiger partial charge is 0.181 e. The maximum absolute atomic E-state index is 8.72. The number of hydrogen-bond donors (Lipinski definition) is 2. The van der Waals surface area contributed by atoms with E-state index in [1.165, 1.54) is 0 Å². The molecule has 0 aromatic heterocycles. The van der Waals surface area contributed by atoms with Gasteiger partial charge < -0.3 is 5.11 Å². The van der Waals surface area contributed by atoms with E-state index in [-0.39, 0.29) is 6.61 Å². The monoisotopic (exact) mass is 148 g/mol. The number of hydrogen-bond acceptors (Lipinski definition) is 3. The molecule has 0 atom stereocenters. The van der Waals surface area contributed by atoms with Gasteiger partial charge in [-0.15, -0.1) is 0 Å². The molecule has 11 heavy (non-hydrogen) atoms. The van der Waals surface area contributed by atoms with Crippen LogP contribution in [-0.2, 0) is 6.61 Å². The highest BCUT2D eigenvalue weighted by atomic mass is 16.3. The number of aliphatic hydroxyl groups excluding tert-OH is 1. The van der Waals surface area contributed by atoms with Gasteiger partial charge in [0.25, 0.3) is 0 Å². The fraction of sp³-hybridized carbons (Fsp3) is 0.125. The molecule has 0 aliphatic rings. The summed E-state index contributed by atoms with van der Waals surface area (Å²) in [5.74, 6) is 0. The summed E-state index contributed by atoms with van der Waals surface area (Å²) >= 11 is 0. The van der Waals surface area contributed by atoms with E-state index < -0.39 is 0 Å². The largest absolute Gasteiger partial charge is 0.392 e. The molecule has 2 N–H and O–H groups in total. The zero-order chi connectivity index (χ0) is 8.10. The Balaban J connectivity index is 2.84. The van der Waals surface area contributed by atoms with Crippen LogP contribution >= 0.6 is 0 Å². The number of anilines is 1. The predicted molar refractivity (Wildman–Crippen MR) is 41.6 cm³/mol. The van der Waals surface area contributed by atoms with E-state index in [0.717, 1.165) is 5.56 Å². The minimum Gasteiger partial charge on any atom is -0.392 e. The van der Waals surface area contributed by atoms with Crippen LogP contribution in [0.1, 0.15) is 5.56 Å². The van der Waals surface area contributed by atoms with Crippen molar-refractivity contribution in [3.63, 3.8) is 0 Å². The molecule has 56 valence electrons. The molecule has 0 saturated carbocycles. The van der Waals surface area contributed by atoms with Gasteiger partial charge in [0, 0.05) is 5.69 Å². The van der Waals surface area contributed by atoms with Crippen LogP contribution < -0.4 is 5.32 Å². The minimum absolute atomic E-state index is 0.000941. The lowest BCUT2D eigenvalue weighted by Crippen LogP contribution is -1.89. The van der Waals surface area contributed by atoms with Crippen molar-refractivity contribution in [3.05, 3.63) is 29.8 Å². The highest BCUT2D eigenvalue weighted by molar-refractivity contribution is 5.48. The maximum Gasteiger partial charge on any atom is 0.181 e. The molecule has 1 aromatic rings. The average Bonchev–Trinajstić information content (AvgIpc) is 2.06. The first kappa shape index (κ1) is 7.58. The Morgan fingerprint density at radius 2 is 2.36 bits per heavy atom. The minimum atomic E-state index is 0.000941. The van der Waals surface area contributed by atoms with E-state index in [4.69, 9.17) is 10.4 Å². The number of nitrogens with zero attached hydrogens (tertiary/aromatic N) is 1. The van der Waals surface area contributed by atoms with Crippen molar-refractivity contribution in [1.29, 1.82) is 5.26 Å². The van der Waals surface area contributed by atoms with Crippen LogP contribution in [0.3, 0.4) is 0 Å². The molecule has 3 heteroatoms. The molecule has 1 rings (SSSR count). The molecule has 0 radical (unpaired) electrons. The molecule has 0 spiro atoms. The maximum atomic E-state index is 8.72. The standard InChI is InChI=1S/C8H8N2O/c9-6-10-8-3-1-2-7(4-8)5-11/h1-4,10-11H,5H2. The third kappa shape index (κ3) is 1.95. The highest BCUT2D eigenvalue weighted by Gasteiger charge is 1.91. The van der Waals surface area contributed by atoms with Crippen LogP contribution in [0.25, 0.3) is 0 Å². The molecule has 3 nitrogen and oxygen atoms in total. The molecule has 0 unspecified atom stereocenters. The fourth-order valence-electron chi connectivity index (χ4n) is 0.812. The molecular weight excluding hydrogens is 140 g/mol. The fourth-order valence-corrected chi connectivity index (χ4v) is 0.812. The number of nitrogens with one attached hydrogen (secondary N) is 1. The van der Waals surface area contributed by atoms with Gasteiger partial charge in [-0.1, -0.05) is 12.1 Å². The van der Waals surface area contributed by atoms with Crippen molar-refractivity contribution in [3.8, 4) is 6.19 Å². The zero-order valence-electron chi connectivity index (χ0n) is 5.91. The van der Waals surface area contributed by atoms with Crippen LogP contribution in [-0.4, -0.2) is 5.11 Å². The first-order valence-electron chi connectivity index (χ1n) is 3.21. The number of nitriles is 1. The summed E-state index contributed by atoms with van der Waals surface area (Å²) < 4.78 is 0. The molecule has 0 amide bonds. The SMILES string of the molecule is N#CNc1cccc(CO)c1. The van der Waals surface area contributed by atoms with Crippen LogP contribution in [0, 0.1) is 11.5 Å². The summed E-state index contributed by atoms with van der Waals surface area (Å²) in [5.41, 5.74) is 1.50. The molecule has 0 saturated heterocycles. The Morgan fingerprint density at radius 1 is 1.55 bits per heavy atom. The van der Waals surface area contributed by atoms with E-state index in [0.29, 0.717) is 5.69 Å². The second kappa shape index (κ2) is 3.59. The van der Waals surface area contributed by atoms with E-state index in [2.05, 4.69) is 5.32 Å². The van der Waals surface area contributed by atoms with Gasteiger partial charge in [-0.05, 0) is 17.7 Å². The predicted octanol–water partition coefficient (Wildman–Crippen LogP) is 1.07. The van der Waals surface area contributed by atoms with Gasteiger partial charge in [-0.3, -0.25) is 5.32 Å². The summed E-state index contributed by atoms with van der Waals surface area (Å²) in [4.78, 5) is 0. The molecule has 0 fully saturated rings. The van der Waals surface area contributed by atoms with Gasteiger partial charge in [0.15, 0.2) is 6.19 Å². The van der Waals surface area contributed by atoms with Crippen LogP contribution in [0.4, 0.5) is 5.69 Å². The summed E-state index contributed by atoms with van der Waals surface area (Å²) in [5, 5.41) is 19.5. The number of aliphatic hydroxyl groups is 1. The second-order valence-electron chi connectivity index (χ2n) is 2.10. The van der Waals surface area contributed by atoms with Crippen LogP contribution in [0.2, 0.25) is 0 Å². The summed E-state index contributed by atoms with van der Waals surface area (Å²) in [6.45, 7) is 0.000941. The van der Waals surface area contributed by atoms with Crippen molar-refractivity contribution in [2.75, 3.05) is 5.32 Å². The van der Waals surface area contributed by atoms with Gasteiger partial charge in [0.05, 0.1) is 6.61 Å². The molecule has 0 heterocycles. The van der Waals surface area contributed by atoms with Gasteiger partial charge >= 0.3 is 0 Å². The van der Waals surface area contributed by atoms with Crippen LogP contribution in [0.15, 0.2) is 24.3 Å². The lowest BCUT2D eigenvalue weighted by molar-refractivity contribution is 0.282. The molecule has 0 aliphatic carbocycles. The molecule has 0 aliphatic heterocycles. The molecule has 0 bridgehead atoms. The topological polar surface area (TPSA) is 56.0 Å². The Labute approximate surface area is 64.9 Å². The first-order valence-corrected chi connectivity index (χ1v) is 3.21. The lowest BCUT2D eigenvalue weighted by Gasteiger charge is -1.98. The molecule has 1 aromatic carbocycles. The number of benzene rings is 1. The van der Waals surface area contributed by atoms with Gasteiger partial charge in [-0.2, -0.15) is 5.26 Å². The quantitative estimate of drug-likeness (QED) is 0.487. The van der Waals surface area contributed by atoms with E-state index >= 15 is 0 Å². The van der Waals surface area contributed by atoms with Gasteiger partial charge in [0.2, 0.25) is 0 Å². The molecular formula is C8H8N2O.